The average molecular weight is 516 g/mol. The number of imidazole rings is 1. The lowest BCUT2D eigenvalue weighted by Crippen LogP contribution is -2.38. The first-order valence-corrected chi connectivity index (χ1v) is 10.2. The molecule has 0 unspecified atom stereocenters. The summed E-state index contributed by atoms with van der Waals surface area (Å²) >= 11 is 0. The minimum Gasteiger partial charge on any atom is -0.486 e. The summed E-state index contributed by atoms with van der Waals surface area (Å²) < 4.78 is 78.2. The van der Waals surface area contributed by atoms with Crippen molar-refractivity contribution in [3.05, 3.63) is 77.6 Å². The highest BCUT2D eigenvalue weighted by Crippen LogP contribution is 2.30. The summed E-state index contributed by atoms with van der Waals surface area (Å²) in [6.45, 7) is 1.36. The molecule has 0 aliphatic carbocycles. The molecule has 0 fully saturated rings. The van der Waals surface area contributed by atoms with Gasteiger partial charge in [-0.1, -0.05) is 6.07 Å². The summed E-state index contributed by atoms with van der Waals surface area (Å²) in [6.07, 6.45) is -4.66. The zero-order chi connectivity index (χ0) is 26.5. The number of carbonyl (C=O) groups excluding carboxylic acids is 1. The molecule has 3 aromatic rings. The first kappa shape index (κ1) is 26.5. The van der Waals surface area contributed by atoms with Crippen molar-refractivity contribution < 1.29 is 45.8 Å². The van der Waals surface area contributed by atoms with Crippen molar-refractivity contribution in [2.24, 2.45) is 0 Å². The minimum atomic E-state index is -5.08. The molecule has 192 valence electrons. The Morgan fingerprint density at radius 3 is 2.39 bits per heavy atom. The highest BCUT2D eigenvalue weighted by molar-refractivity contribution is 5.94. The van der Waals surface area contributed by atoms with Crippen LogP contribution in [0, 0.1) is 0 Å². The summed E-state index contributed by atoms with van der Waals surface area (Å²) in [5.41, 5.74) is 0.660. The van der Waals surface area contributed by atoms with Crippen molar-refractivity contribution in [1.29, 1.82) is 0 Å². The number of fused-ring (bicyclic) bond motifs is 1. The van der Waals surface area contributed by atoms with Crippen LogP contribution in [0.15, 0.2) is 55.1 Å². The maximum absolute atomic E-state index is 13.0. The zero-order valence-corrected chi connectivity index (χ0v) is 18.3. The molecule has 0 atom stereocenters. The van der Waals surface area contributed by atoms with E-state index in [1.54, 1.807) is 30.9 Å². The fourth-order valence-corrected chi connectivity index (χ4v) is 3.20. The number of hydrogen-bond donors (Lipinski definition) is 1. The van der Waals surface area contributed by atoms with Gasteiger partial charge in [0.05, 0.1) is 30.3 Å². The number of nitrogens with zero attached hydrogens (tertiary/aromatic N) is 4. The third kappa shape index (κ3) is 6.73. The molecule has 3 heterocycles. The minimum absolute atomic E-state index is 0.0148. The predicted octanol–water partition coefficient (Wildman–Crippen LogP) is 4.17. The molecule has 1 amide bonds. The Morgan fingerprint density at radius 2 is 1.78 bits per heavy atom. The highest BCUT2D eigenvalue weighted by atomic mass is 19.4. The lowest BCUT2D eigenvalue weighted by atomic mass is 10.1. The van der Waals surface area contributed by atoms with Gasteiger partial charge in [-0.25, -0.2) is 9.78 Å². The van der Waals surface area contributed by atoms with Gasteiger partial charge in [0.25, 0.3) is 5.91 Å². The van der Waals surface area contributed by atoms with Crippen LogP contribution < -0.4 is 4.74 Å². The molecular formula is C22H18F6N4O4. The molecule has 8 nitrogen and oxygen atoms in total. The van der Waals surface area contributed by atoms with Gasteiger partial charge >= 0.3 is 18.3 Å². The van der Waals surface area contributed by atoms with Crippen LogP contribution in [0.3, 0.4) is 0 Å². The van der Waals surface area contributed by atoms with Crippen LogP contribution >= 0.6 is 0 Å². The smallest absolute Gasteiger partial charge is 0.486 e. The van der Waals surface area contributed by atoms with E-state index >= 15 is 0 Å². The lowest BCUT2D eigenvalue weighted by Gasteiger charge is -2.29. The van der Waals surface area contributed by atoms with Crippen molar-refractivity contribution in [3.63, 3.8) is 0 Å². The SMILES string of the molecule is O=C(O)C(F)(F)F.O=C(c1cccc(C(F)(F)F)c1)N1CCn2cnc(COc3cccnc3)c2C1. The number of carbonyl (C=O) groups is 2. The summed E-state index contributed by atoms with van der Waals surface area (Å²) in [5, 5.41) is 7.12. The number of alkyl halides is 6. The number of rotatable bonds is 4. The summed E-state index contributed by atoms with van der Waals surface area (Å²) in [4.78, 5) is 31.6. The van der Waals surface area contributed by atoms with Crippen LogP contribution in [0.2, 0.25) is 0 Å². The molecule has 36 heavy (non-hydrogen) atoms. The molecule has 0 bridgehead atoms. The second-order valence-corrected chi connectivity index (χ2v) is 7.42. The van der Waals surface area contributed by atoms with Crippen molar-refractivity contribution >= 4 is 11.9 Å². The first-order valence-electron chi connectivity index (χ1n) is 10.2. The molecule has 1 aliphatic rings. The molecule has 4 rings (SSSR count). The van der Waals surface area contributed by atoms with Crippen LogP contribution in [0.5, 0.6) is 5.75 Å². The Bertz CT molecular complexity index is 1210. The largest absolute Gasteiger partial charge is 0.490 e. The normalized spacial score (nSPS) is 13.3. The average Bonchev–Trinajstić information content (AvgIpc) is 3.24. The van der Waals surface area contributed by atoms with Gasteiger partial charge in [-0.3, -0.25) is 9.78 Å². The molecule has 0 radical (unpaired) electrons. The fourth-order valence-electron chi connectivity index (χ4n) is 3.20. The van der Waals surface area contributed by atoms with E-state index in [0.29, 0.717) is 24.5 Å². The third-order valence-corrected chi connectivity index (χ3v) is 4.96. The topological polar surface area (TPSA) is 97.6 Å². The zero-order valence-electron chi connectivity index (χ0n) is 18.3. The van der Waals surface area contributed by atoms with Gasteiger partial charge in [-0.05, 0) is 30.3 Å². The van der Waals surface area contributed by atoms with Crippen molar-refractivity contribution in [1.82, 2.24) is 19.4 Å². The Labute approximate surface area is 199 Å². The number of carboxylic acids is 1. The van der Waals surface area contributed by atoms with Gasteiger partial charge < -0.3 is 19.3 Å². The van der Waals surface area contributed by atoms with Crippen molar-refractivity contribution in [2.45, 2.75) is 32.0 Å². The van der Waals surface area contributed by atoms with E-state index < -0.39 is 29.8 Å². The second-order valence-electron chi connectivity index (χ2n) is 7.42. The van der Waals surface area contributed by atoms with E-state index in [4.69, 9.17) is 14.6 Å². The number of aliphatic carboxylic acids is 1. The molecule has 0 spiro atoms. The van der Waals surface area contributed by atoms with Gasteiger partial charge in [-0.2, -0.15) is 26.3 Å². The monoisotopic (exact) mass is 516 g/mol. The van der Waals surface area contributed by atoms with Gasteiger partial charge in [0, 0.05) is 24.8 Å². The fraction of sp³-hybridized carbons (Fsp3) is 0.273. The van der Waals surface area contributed by atoms with Gasteiger partial charge in [0.2, 0.25) is 0 Å². The van der Waals surface area contributed by atoms with Crippen molar-refractivity contribution in [3.8, 4) is 5.75 Å². The molecule has 1 aliphatic heterocycles. The van der Waals surface area contributed by atoms with Gasteiger partial charge in [0.15, 0.2) is 0 Å². The molecule has 1 N–H and O–H groups in total. The molecule has 0 saturated carbocycles. The Kier molecular flexibility index (Phi) is 7.85. The quantitative estimate of drug-likeness (QED) is 0.523. The Balaban J connectivity index is 0.000000454. The van der Waals surface area contributed by atoms with Gasteiger partial charge in [-0.15, -0.1) is 0 Å². The number of carboxylic acid groups (broad SMARTS) is 1. The standard InChI is InChI=1S/C20H17F3N4O2.C2HF3O2/c21-20(22,23)15-4-1-3-14(9-15)19(28)26-7-8-27-13-25-17(18(27)11-26)12-29-16-5-2-6-24-10-16;3-2(4,5)1(6)7/h1-6,9-10,13H,7-8,11-12H2;(H,6,7). The Morgan fingerprint density at radius 1 is 1.06 bits per heavy atom. The number of benzene rings is 1. The molecule has 14 heteroatoms. The van der Waals surface area contributed by atoms with E-state index in [9.17, 15) is 31.1 Å². The van der Waals surface area contributed by atoms with E-state index in [2.05, 4.69) is 9.97 Å². The maximum Gasteiger partial charge on any atom is 0.490 e. The first-order chi connectivity index (χ1) is 16.9. The number of halogens is 6. The van der Waals surface area contributed by atoms with Crippen LogP contribution in [0.25, 0.3) is 0 Å². The molecular weight excluding hydrogens is 498 g/mol. The summed E-state index contributed by atoms with van der Waals surface area (Å²) in [7, 11) is 0. The molecule has 1 aromatic carbocycles. The molecule has 2 aromatic heterocycles. The summed E-state index contributed by atoms with van der Waals surface area (Å²) in [5.74, 6) is -2.60. The molecule has 0 saturated heterocycles. The lowest BCUT2D eigenvalue weighted by molar-refractivity contribution is -0.192. The second kappa shape index (κ2) is 10.7. The van der Waals surface area contributed by atoms with E-state index in [1.165, 1.54) is 17.0 Å². The van der Waals surface area contributed by atoms with E-state index in [1.807, 2.05) is 4.57 Å². The maximum atomic E-state index is 13.0. The van der Waals surface area contributed by atoms with E-state index in [0.717, 1.165) is 17.8 Å². The van der Waals surface area contributed by atoms with Gasteiger partial charge in [0.1, 0.15) is 18.1 Å². The van der Waals surface area contributed by atoms with Crippen LogP contribution in [0.4, 0.5) is 26.3 Å². The van der Waals surface area contributed by atoms with Crippen molar-refractivity contribution in [2.75, 3.05) is 6.54 Å². The number of hydrogen-bond acceptors (Lipinski definition) is 5. The highest BCUT2D eigenvalue weighted by Gasteiger charge is 2.38. The number of ether oxygens (including phenoxy) is 1. The van der Waals surface area contributed by atoms with E-state index in [-0.39, 0.29) is 18.7 Å². The Hall–Kier alpha value is -4.10. The van der Waals surface area contributed by atoms with Crippen LogP contribution in [-0.2, 0) is 30.7 Å². The number of amides is 1. The predicted molar refractivity (Wildman–Crippen MR) is 111 cm³/mol. The van der Waals surface area contributed by atoms with Crippen LogP contribution in [0.1, 0.15) is 27.3 Å². The number of aromatic nitrogens is 3. The third-order valence-electron chi connectivity index (χ3n) is 4.96. The summed E-state index contributed by atoms with van der Waals surface area (Å²) in [6, 6.07) is 8.02. The van der Waals surface area contributed by atoms with Crippen LogP contribution in [-0.4, -0.2) is 49.1 Å². The number of pyridine rings is 1.